The van der Waals surface area contributed by atoms with E-state index in [1.54, 1.807) is 34.8 Å². The molecule has 0 aliphatic carbocycles. The maximum absolute atomic E-state index is 14.8. The number of alkyl halides is 2. The number of piperidine rings is 1. The third-order valence-corrected chi connectivity index (χ3v) is 7.42. The predicted octanol–water partition coefficient (Wildman–Crippen LogP) is 5.87. The number of pyridine rings is 1. The maximum atomic E-state index is 14.8. The lowest BCUT2D eigenvalue weighted by Crippen LogP contribution is -2.52. The van der Waals surface area contributed by atoms with Gasteiger partial charge in [-0.25, -0.2) is 28.2 Å². The number of halogens is 2. The Bertz CT molecular complexity index is 1670. The van der Waals surface area contributed by atoms with Gasteiger partial charge in [-0.2, -0.15) is 5.10 Å². The van der Waals surface area contributed by atoms with Gasteiger partial charge in [-0.05, 0) is 69.3 Å². The van der Waals surface area contributed by atoms with Crippen molar-refractivity contribution in [2.24, 2.45) is 5.92 Å². The van der Waals surface area contributed by atoms with Crippen molar-refractivity contribution in [3.63, 3.8) is 0 Å². The molecule has 206 valence electrons. The van der Waals surface area contributed by atoms with Crippen LogP contribution in [0, 0.1) is 12.8 Å². The number of nitrogens with zero attached hydrogens (tertiary/aromatic N) is 6. The van der Waals surface area contributed by atoms with Crippen LogP contribution >= 0.6 is 0 Å². The molecule has 11 heteroatoms. The first-order valence-electron chi connectivity index (χ1n) is 13.1. The van der Waals surface area contributed by atoms with Gasteiger partial charge in [0.1, 0.15) is 35.7 Å². The highest BCUT2D eigenvalue weighted by molar-refractivity contribution is 5.95. The summed E-state index contributed by atoms with van der Waals surface area (Å²) in [6.07, 6.45) is 5.10. The van der Waals surface area contributed by atoms with Crippen molar-refractivity contribution in [1.82, 2.24) is 29.5 Å². The molecule has 1 fully saturated rings. The second-order valence-electron chi connectivity index (χ2n) is 10.3. The Morgan fingerprint density at radius 1 is 1.05 bits per heavy atom. The van der Waals surface area contributed by atoms with Crippen molar-refractivity contribution in [1.29, 1.82) is 0 Å². The summed E-state index contributed by atoms with van der Waals surface area (Å²) in [6.45, 7) is 3.54. The van der Waals surface area contributed by atoms with Crippen molar-refractivity contribution in [3.8, 4) is 17.2 Å². The first-order chi connectivity index (χ1) is 19.3. The monoisotopic (exact) mass is 545 g/mol. The number of hydrogen-bond donors (Lipinski definition) is 1. The summed E-state index contributed by atoms with van der Waals surface area (Å²) in [5.41, 5.74) is 3.03. The highest BCUT2D eigenvalue weighted by atomic mass is 19.3. The number of aryl methyl sites for hydroxylation is 1. The Hall–Kier alpha value is -4.38. The SMILES string of the molecule is Cc1cc(Nc2ncnc3cccc(OCC4CC(C)N(C)CC4(F)F)c23)ccc1Oc1ccn2ncnc2c1. The standard InChI is InChI=1S/C29H29F2N7O2/c1-18-11-21(7-8-24(18)40-22-9-10-38-26(13-22)33-17-35-38)36-28-27-23(32-16-34-28)5-4-6-25(27)39-14-20-12-19(2)37(3)15-29(20,30)31/h4-11,13,16-17,19-20H,12,14-15H2,1-3H3,(H,32,34,36). The van der Waals surface area contributed by atoms with Gasteiger partial charge in [0.05, 0.1) is 30.0 Å². The Morgan fingerprint density at radius 2 is 1.93 bits per heavy atom. The van der Waals surface area contributed by atoms with E-state index in [9.17, 15) is 8.78 Å². The van der Waals surface area contributed by atoms with E-state index >= 15 is 0 Å². The van der Waals surface area contributed by atoms with Crippen molar-refractivity contribution in [3.05, 3.63) is 72.9 Å². The fourth-order valence-corrected chi connectivity index (χ4v) is 5.02. The van der Waals surface area contributed by atoms with Crippen molar-refractivity contribution >= 4 is 28.1 Å². The van der Waals surface area contributed by atoms with Gasteiger partial charge >= 0.3 is 0 Å². The maximum Gasteiger partial charge on any atom is 0.266 e. The Labute approximate surface area is 229 Å². The van der Waals surface area contributed by atoms with E-state index in [1.807, 2.05) is 50.2 Å². The minimum atomic E-state index is -2.83. The molecule has 0 amide bonds. The fourth-order valence-electron chi connectivity index (χ4n) is 5.02. The van der Waals surface area contributed by atoms with Gasteiger partial charge in [-0.15, -0.1) is 0 Å². The highest BCUT2D eigenvalue weighted by Gasteiger charge is 2.46. The zero-order valence-corrected chi connectivity index (χ0v) is 22.4. The van der Waals surface area contributed by atoms with Crippen LogP contribution in [0.25, 0.3) is 16.6 Å². The van der Waals surface area contributed by atoms with Crippen LogP contribution in [0.5, 0.6) is 17.2 Å². The number of fused-ring (bicyclic) bond motifs is 2. The van der Waals surface area contributed by atoms with Crippen LogP contribution in [-0.4, -0.2) is 61.6 Å². The van der Waals surface area contributed by atoms with E-state index in [0.717, 1.165) is 11.3 Å². The molecule has 2 aromatic carbocycles. The van der Waals surface area contributed by atoms with E-state index in [0.29, 0.717) is 46.0 Å². The number of rotatable bonds is 7. The van der Waals surface area contributed by atoms with E-state index in [-0.39, 0.29) is 19.2 Å². The van der Waals surface area contributed by atoms with Crippen LogP contribution in [0.2, 0.25) is 0 Å². The molecule has 5 aromatic rings. The number of aromatic nitrogens is 5. The van der Waals surface area contributed by atoms with Crippen LogP contribution in [0.15, 0.2) is 67.4 Å². The number of hydrogen-bond acceptors (Lipinski definition) is 8. The van der Waals surface area contributed by atoms with Gasteiger partial charge < -0.3 is 14.8 Å². The van der Waals surface area contributed by atoms with E-state index < -0.39 is 11.8 Å². The van der Waals surface area contributed by atoms with E-state index in [1.165, 1.54) is 12.7 Å². The lowest BCUT2D eigenvalue weighted by atomic mass is 9.89. The molecule has 6 rings (SSSR count). The zero-order valence-electron chi connectivity index (χ0n) is 22.4. The predicted molar refractivity (Wildman–Crippen MR) is 148 cm³/mol. The molecule has 1 aliphatic heterocycles. The topological polar surface area (TPSA) is 89.7 Å². The average Bonchev–Trinajstić information content (AvgIpc) is 3.39. The van der Waals surface area contributed by atoms with Gasteiger partial charge in [0.25, 0.3) is 5.92 Å². The first kappa shape index (κ1) is 25.9. The van der Waals surface area contributed by atoms with Gasteiger partial charge in [0.15, 0.2) is 5.65 Å². The number of anilines is 2. The van der Waals surface area contributed by atoms with Gasteiger partial charge in [0, 0.05) is 24.0 Å². The quantitative estimate of drug-likeness (QED) is 0.272. The van der Waals surface area contributed by atoms with Crippen molar-refractivity contribution in [2.75, 3.05) is 25.5 Å². The van der Waals surface area contributed by atoms with Crippen molar-refractivity contribution < 1.29 is 18.3 Å². The molecule has 1 N–H and O–H groups in total. The largest absolute Gasteiger partial charge is 0.492 e. The summed E-state index contributed by atoms with van der Waals surface area (Å²) in [7, 11) is 1.73. The number of benzene rings is 2. The van der Waals surface area contributed by atoms with Gasteiger partial charge in [0.2, 0.25) is 0 Å². The summed E-state index contributed by atoms with van der Waals surface area (Å²) < 4.78 is 43.3. The molecule has 1 aliphatic rings. The third kappa shape index (κ3) is 5.12. The molecule has 40 heavy (non-hydrogen) atoms. The van der Waals surface area contributed by atoms with E-state index in [2.05, 4.69) is 25.4 Å². The number of nitrogens with one attached hydrogen (secondary N) is 1. The van der Waals surface area contributed by atoms with Crippen LogP contribution in [0.4, 0.5) is 20.3 Å². The van der Waals surface area contributed by atoms with Gasteiger partial charge in [-0.1, -0.05) is 6.07 Å². The summed E-state index contributed by atoms with van der Waals surface area (Å²) in [6, 6.07) is 14.8. The van der Waals surface area contributed by atoms with Crippen LogP contribution in [0.3, 0.4) is 0 Å². The van der Waals surface area contributed by atoms with Crippen molar-refractivity contribution in [2.45, 2.75) is 32.2 Å². The number of ether oxygens (including phenoxy) is 2. The lowest BCUT2D eigenvalue weighted by molar-refractivity contribution is -0.129. The third-order valence-electron chi connectivity index (χ3n) is 7.42. The summed E-state index contributed by atoms with van der Waals surface area (Å²) in [5.74, 6) is -1.38. The molecular weight excluding hydrogens is 516 g/mol. The van der Waals surface area contributed by atoms with Crippen LogP contribution < -0.4 is 14.8 Å². The summed E-state index contributed by atoms with van der Waals surface area (Å²) >= 11 is 0. The smallest absolute Gasteiger partial charge is 0.266 e. The zero-order chi connectivity index (χ0) is 27.9. The van der Waals surface area contributed by atoms with E-state index in [4.69, 9.17) is 9.47 Å². The second kappa shape index (κ2) is 10.3. The molecular formula is C29H29F2N7O2. The molecule has 3 aromatic heterocycles. The minimum Gasteiger partial charge on any atom is -0.492 e. The lowest BCUT2D eigenvalue weighted by Gasteiger charge is -2.40. The highest BCUT2D eigenvalue weighted by Crippen LogP contribution is 2.38. The minimum absolute atomic E-state index is 0.0575. The molecule has 0 saturated carbocycles. The second-order valence-corrected chi connectivity index (χ2v) is 10.3. The summed E-state index contributed by atoms with van der Waals surface area (Å²) in [5, 5.41) is 8.08. The fraction of sp³-hybridized carbons (Fsp3) is 0.310. The Morgan fingerprint density at radius 3 is 2.77 bits per heavy atom. The molecule has 2 atom stereocenters. The normalized spacial score (nSPS) is 19.1. The van der Waals surface area contributed by atoms with Gasteiger partial charge in [-0.3, -0.25) is 4.90 Å². The molecule has 0 bridgehead atoms. The summed E-state index contributed by atoms with van der Waals surface area (Å²) in [4.78, 5) is 14.7. The molecule has 0 spiro atoms. The molecule has 4 heterocycles. The Kier molecular flexibility index (Phi) is 6.67. The number of likely N-dealkylation sites (tertiary alicyclic amines) is 1. The van der Waals surface area contributed by atoms with Crippen LogP contribution in [0.1, 0.15) is 18.9 Å². The van der Waals surface area contributed by atoms with Crippen LogP contribution in [-0.2, 0) is 0 Å². The molecule has 2 unspecified atom stereocenters. The molecule has 1 saturated heterocycles. The average molecular weight is 546 g/mol. The molecule has 9 nitrogen and oxygen atoms in total. The Balaban J connectivity index is 1.22. The first-order valence-corrected chi connectivity index (χ1v) is 13.1. The molecule has 0 radical (unpaired) electrons.